The predicted molar refractivity (Wildman–Crippen MR) is 88.8 cm³/mol. The molecule has 0 saturated carbocycles. The number of ether oxygens (including phenoxy) is 1. The first-order valence-electron chi connectivity index (χ1n) is 7.74. The molecule has 2 rings (SSSR count). The van der Waals surface area contributed by atoms with E-state index in [1.165, 1.54) is 0 Å². The van der Waals surface area contributed by atoms with Crippen molar-refractivity contribution in [3.63, 3.8) is 0 Å². The second kappa shape index (κ2) is 7.31. The van der Waals surface area contributed by atoms with Gasteiger partial charge in [-0.2, -0.15) is 0 Å². The Kier molecular flexibility index (Phi) is 5.64. The number of carbonyl (C=O) groups is 1. The minimum absolute atomic E-state index is 0.116. The molecule has 0 bridgehead atoms. The maximum absolute atomic E-state index is 12.3. The van der Waals surface area contributed by atoms with E-state index < -0.39 is 16.1 Å². The molecule has 0 saturated heterocycles. The second-order valence-electron chi connectivity index (χ2n) is 6.37. The van der Waals surface area contributed by atoms with Crippen molar-refractivity contribution in [3.8, 4) is 5.75 Å². The Balaban J connectivity index is 1.89. The van der Waals surface area contributed by atoms with Gasteiger partial charge in [-0.15, -0.1) is 0 Å². The molecule has 0 unspecified atom stereocenters. The van der Waals surface area contributed by atoms with Crippen molar-refractivity contribution in [2.75, 3.05) is 12.8 Å². The zero-order chi connectivity index (χ0) is 17.0. The second-order valence-corrected chi connectivity index (χ2v) is 8.15. The Morgan fingerprint density at radius 3 is 2.65 bits per heavy atom. The number of rotatable bonds is 7. The lowest BCUT2D eigenvalue weighted by Crippen LogP contribution is -2.49. The number of para-hydroxylation sites is 1. The first kappa shape index (κ1) is 17.7. The number of hydrogen-bond acceptors (Lipinski definition) is 4. The van der Waals surface area contributed by atoms with Gasteiger partial charge in [0.15, 0.2) is 0 Å². The molecule has 1 aliphatic rings. The molecule has 0 aliphatic carbocycles. The van der Waals surface area contributed by atoms with Gasteiger partial charge in [0.25, 0.3) is 0 Å². The predicted octanol–water partition coefficient (Wildman–Crippen LogP) is 1.07. The van der Waals surface area contributed by atoms with Crippen molar-refractivity contribution >= 4 is 15.9 Å². The van der Waals surface area contributed by atoms with Crippen molar-refractivity contribution in [1.29, 1.82) is 0 Å². The van der Waals surface area contributed by atoms with Gasteiger partial charge in [-0.25, -0.2) is 13.1 Å². The molecule has 1 heterocycles. The third kappa shape index (κ3) is 5.51. The molecular weight excluding hydrogens is 316 g/mol. The minimum atomic E-state index is -3.44. The summed E-state index contributed by atoms with van der Waals surface area (Å²) in [5.74, 6) is 0.732. The Labute approximate surface area is 137 Å². The molecule has 2 atom stereocenters. The van der Waals surface area contributed by atoms with E-state index in [-0.39, 0.29) is 17.9 Å². The highest BCUT2D eigenvalue weighted by Gasteiger charge is 2.26. The van der Waals surface area contributed by atoms with Gasteiger partial charge in [-0.1, -0.05) is 32.0 Å². The number of hydrogen-bond donors (Lipinski definition) is 2. The van der Waals surface area contributed by atoms with Crippen LogP contribution < -0.4 is 14.8 Å². The number of nitrogens with one attached hydrogen (secondary N) is 2. The van der Waals surface area contributed by atoms with Crippen LogP contribution in [0.25, 0.3) is 0 Å². The number of carbonyl (C=O) groups excluding carboxylic acids is 1. The normalized spacial score (nSPS) is 18.3. The van der Waals surface area contributed by atoms with Gasteiger partial charge >= 0.3 is 0 Å². The molecule has 0 spiro atoms. The SMILES string of the molecule is CC(C)C[C@@H](NS(C)(=O)=O)C(=O)NC[C@@H]1Cc2ccccc2O1. The van der Waals surface area contributed by atoms with E-state index in [9.17, 15) is 13.2 Å². The highest BCUT2D eigenvalue weighted by atomic mass is 32.2. The molecule has 0 fully saturated rings. The lowest BCUT2D eigenvalue weighted by molar-refractivity contribution is -0.123. The quantitative estimate of drug-likeness (QED) is 0.778. The summed E-state index contributed by atoms with van der Waals surface area (Å²) < 4.78 is 31.0. The Morgan fingerprint density at radius 1 is 1.35 bits per heavy atom. The van der Waals surface area contributed by atoms with E-state index in [1.54, 1.807) is 0 Å². The van der Waals surface area contributed by atoms with Gasteiger partial charge in [-0.3, -0.25) is 4.79 Å². The van der Waals surface area contributed by atoms with Gasteiger partial charge in [-0.05, 0) is 24.0 Å². The maximum atomic E-state index is 12.3. The Morgan fingerprint density at radius 2 is 2.04 bits per heavy atom. The van der Waals surface area contributed by atoms with E-state index >= 15 is 0 Å². The van der Waals surface area contributed by atoms with E-state index in [4.69, 9.17) is 4.74 Å². The molecule has 128 valence electrons. The summed E-state index contributed by atoms with van der Waals surface area (Å²) in [7, 11) is -3.44. The van der Waals surface area contributed by atoms with E-state index in [1.807, 2.05) is 38.1 Å². The number of sulfonamides is 1. The molecule has 1 aliphatic heterocycles. The molecule has 2 N–H and O–H groups in total. The molecule has 1 aromatic rings. The molecule has 0 aromatic heterocycles. The molecular formula is C16H24N2O4S. The van der Waals surface area contributed by atoms with Gasteiger partial charge in [0.05, 0.1) is 12.8 Å². The summed E-state index contributed by atoms with van der Waals surface area (Å²) in [6.45, 7) is 4.25. The first-order valence-corrected chi connectivity index (χ1v) is 9.63. The summed E-state index contributed by atoms with van der Waals surface area (Å²) in [6.07, 6.45) is 2.13. The van der Waals surface area contributed by atoms with Gasteiger partial charge < -0.3 is 10.1 Å². The van der Waals surface area contributed by atoms with Crippen molar-refractivity contribution in [1.82, 2.24) is 10.0 Å². The molecule has 0 radical (unpaired) electrons. The van der Waals surface area contributed by atoms with Crippen LogP contribution in [0.5, 0.6) is 5.75 Å². The van der Waals surface area contributed by atoms with Crippen LogP contribution in [0.4, 0.5) is 0 Å². The monoisotopic (exact) mass is 340 g/mol. The van der Waals surface area contributed by atoms with Crippen LogP contribution in [0.2, 0.25) is 0 Å². The van der Waals surface area contributed by atoms with Crippen LogP contribution in [-0.4, -0.2) is 39.3 Å². The van der Waals surface area contributed by atoms with Crippen molar-refractivity contribution < 1.29 is 17.9 Å². The fraction of sp³-hybridized carbons (Fsp3) is 0.562. The van der Waals surface area contributed by atoms with Crippen molar-refractivity contribution in [2.45, 2.75) is 38.8 Å². The van der Waals surface area contributed by atoms with Crippen molar-refractivity contribution in [3.05, 3.63) is 29.8 Å². The zero-order valence-corrected chi connectivity index (χ0v) is 14.5. The molecule has 23 heavy (non-hydrogen) atoms. The number of amides is 1. The van der Waals surface area contributed by atoms with Gasteiger partial charge in [0, 0.05) is 6.42 Å². The Bertz CT molecular complexity index is 633. The summed E-state index contributed by atoms with van der Waals surface area (Å²) in [5, 5.41) is 2.80. The molecule has 1 amide bonds. The van der Waals surface area contributed by atoms with Crippen LogP contribution in [0.1, 0.15) is 25.8 Å². The zero-order valence-electron chi connectivity index (χ0n) is 13.7. The first-order chi connectivity index (χ1) is 10.7. The van der Waals surface area contributed by atoms with Crippen LogP contribution in [0.15, 0.2) is 24.3 Å². The van der Waals surface area contributed by atoms with Crippen molar-refractivity contribution in [2.24, 2.45) is 5.92 Å². The summed E-state index contributed by atoms with van der Waals surface area (Å²) in [6, 6.07) is 7.02. The summed E-state index contributed by atoms with van der Waals surface area (Å²) in [5.41, 5.74) is 1.12. The van der Waals surface area contributed by atoms with E-state index in [0.29, 0.717) is 13.0 Å². The minimum Gasteiger partial charge on any atom is -0.488 e. The Hall–Kier alpha value is -1.60. The van der Waals surface area contributed by atoms with Gasteiger partial charge in [0.2, 0.25) is 15.9 Å². The fourth-order valence-corrected chi connectivity index (χ4v) is 3.36. The average molecular weight is 340 g/mol. The average Bonchev–Trinajstić information content (AvgIpc) is 2.84. The number of benzene rings is 1. The largest absolute Gasteiger partial charge is 0.488 e. The highest BCUT2D eigenvalue weighted by Crippen LogP contribution is 2.27. The third-order valence-corrected chi connectivity index (χ3v) is 4.31. The van der Waals surface area contributed by atoms with Crippen LogP contribution in [0.3, 0.4) is 0 Å². The topological polar surface area (TPSA) is 84.5 Å². The third-order valence-electron chi connectivity index (χ3n) is 3.60. The summed E-state index contributed by atoms with van der Waals surface area (Å²) in [4.78, 5) is 12.3. The standard InChI is InChI=1S/C16H24N2O4S/c1-11(2)8-14(18-23(3,20)21)16(19)17-10-13-9-12-6-4-5-7-15(12)22-13/h4-7,11,13-14,18H,8-10H2,1-3H3,(H,17,19)/t13-,14+/m0/s1. The lowest BCUT2D eigenvalue weighted by atomic mass is 10.0. The molecule has 7 heteroatoms. The van der Waals surface area contributed by atoms with Gasteiger partial charge in [0.1, 0.15) is 17.9 Å². The molecule has 1 aromatic carbocycles. The molecule has 6 nitrogen and oxygen atoms in total. The van der Waals surface area contributed by atoms with Crippen LogP contribution in [-0.2, 0) is 21.2 Å². The fourth-order valence-electron chi connectivity index (χ4n) is 2.64. The van der Waals surface area contributed by atoms with Crippen LogP contribution >= 0.6 is 0 Å². The van der Waals surface area contributed by atoms with E-state index in [0.717, 1.165) is 24.0 Å². The lowest BCUT2D eigenvalue weighted by Gasteiger charge is -2.20. The van der Waals surface area contributed by atoms with Crippen LogP contribution in [0, 0.1) is 5.92 Å². The summed E-state index contributed by atoms with van der Waals surface area (Å²) >= 11 is 0. The van der Waals surface area contributed by atoms with E-state index in [2.05, 4.69) is 10.0 Å². The maximum Gasteiger partial charge on any atom is 0.238 e. The highest BCUT2D eigenvalue weighted by molar-refractivity contribution is 7.88. The smallest absolute Gasteiger partial charge is 0.238 e. The number of fused-ring (bicyclic) bond motifs is 1.